The monoisotopic (exact) mass is 275 g/mol. The van der Waals surface area contributed by atoms with Crippen LogP contribution in [0.3, 0.4) is 0 Å². The lowest BCUT2D eigenvalue weighted by atomic mass is 9.87. The van der Waals surface area contributed by atoms with Crippen molar-refractivity contribution >= 4 is 0 Å². The van der Waals surface area contributed by atoms with Gasteiger partial charge in [0.05, 0.1) is 6.10 Å². The molecular formula is C18H29NO. The van der Waals surface area contributed by atoms with Gasteiger partial charge in [0.1, 0.15) is 0 Å². The van der Waals surface area contributed by atoms with E-state index in [0.29, 0.717) is 12.0 Å². The first-order chi connectivity index (χ1) is 9.65. The molecule has 2 heteroatoms. The van der Waals surface area contributed by atoms with Gasteiger partial charge in [-0.1, -0.05) is 44.2 Å². The van der Waals surface area contributed by atoms with Crippen LogP contribution in [0.5, 0.6) is 0 Å². The Balaban J connectivity index is 1.88. The van der Waals surface area contributed by atoms with E-state index < -0.39 is 0 Å². The minimum atomic E-state index is -0.0492. The van der Waals surface area contributed by atoms with Crippen molar-refractivity contribution in [3.8, 4) is 0 Å². The summed E-state index contributed by atoms with van der Waals surface area (Å²) in [6.45, 7) is 5.65. The van der Waals surface area contributed by atoms with E-state index in [4.69, 9.17) is 0 Å². The molecule has 1 fully saturated rings. The molecule has 1 aromatic rings. The van der Waals surface area contributed by atoms with Gasteiger partial charge in [-0.3, -0.25) is 0 Å². The average Bonchev–Trinajstić information content (AvgIpc) is 2.46. The molecule has 2 rings (SSSR count). The third-order valence-corrected chi connectivity index (χ3v) is 4.38. The van der Waals surface area contributed by atoms with Gasteiger partial charge in [0, 0.05) is 6.04 Å². The summed E-state index contributed by atoms with van der Waals surface area (Å²) < 4.78 is 0. The largest absolute Gasteiger partial charge is 0.393 e. The summed E-state index contributed by atoms with van der Waals surface area (Å²) in [6, 6.07) is 11.2. The first kappa shape index (κ1) is 15.5. The first-order valence-electron chi connectivity index (χ1n) is 8.11. The number of aliphatic hydroxyl groups excluding tert-OH is 1. The van der Waals surface area contributed by atoms with Crippen molar-refractivity contribution < 1.29 is 5.11 Å². The molecule has 2 N–H and O–H groups in total. The summed E-state index contributed by atoms with van der Waals surface area (Å²) in [6.07, 6.45) is 5.42. The highest BCUT2D eigenvalue weighted by Gasteiger charge is 2.21. The van der Waals surface area contributed by atoms with Crippen LogP contribution in [-0.4, -0.2) is 17.8 Å². The van der Waals surface area contributed by atoms with Crippen LogP contribution >= 0.6 is 0 Å². The van der Waals surface area contributed by atoms with Crippen molar-refractivity contribution in [1.82, 2.24) is 5.32 Å². The summed E-state index contributed by atoms with van der Waals surface area (Å²) in [5.74, 6) is 1.43. The third-order valence-electron chi connectivity index (χ3n) is 4.38. The van der Waals surface area contributed by atoms with Gasteiger partial charge in [0.25, 0.3) is 0 Å². The molecule has 0 aromatic heterocycles. The lowest BCUT2D eigenvalue weighted by Gasteiger charge is -2.28. The SMILES string of the molecule is CC(C)CC(NCC1CCC(O)CC1)c1ccccc1. The van der Waals surface area contributed by atoms with Crippen LogP contribution in [0.2, 0.25) is 0 Å². The molecule has 1 atom stereocenters. The van der Waals surface area contributed by atoms with Crippen LogP contribution < -0.4 is 5.32 Å². The van der Waals surface area contributed by atoms with Crippen molar-refractivity contribution in [1.29, 1.82) is 0 Å². The molecule has 112 valence electrons. The highest BCUT2D eigenvalue weighted by molar-refractivity contribution is 5.18. The zero-order valence-electron chi connectivity index (χ0n) is 12.9. The van der Waals surface area contributed by atoms with Crippen LogP contribution in [-0.2, 0) is 0 Å². The second-order valence-electron chi connectivity index (χ2n) is 6.68. The highest BCUT2D eigenvalue weighted by atomic mass is 16.3. The number of hydrogen-bond donors (Lipinski definition) is 2. The zero-order valence-corrected chi connectivity index (χ0v) is 12.9. The quantitative estimate of drug-likeness (QED) is 0.825. The zero-order chi connectivity index (χ0) is 14.4. The summed E-state index contributed by atoms with van der Waals surface area (Å²) in [5.41, 5.74) is 1.40. The van der Waals surface area contributed by atoms with Gasteiger partial charge < -0.3 is 10.4 Å². The van der Waals surface area contributed by atoms with Crippen molar-refractivity contribution in [3.05, 3.63) is 35.9 Å². The number of benzene rings is 1. The maximum absolute atomic E-state index is 9.58. The number of rotatable bonds is 6. The lowest BCUT2D eigenvalue weighted by molar-refractivity contribution is 0.107. The predicted molar refractivity (Wildman–Crippen MR) is 84.6 cm³/mol. The Morgan fingerprint density at radius 1 is 1.10 bits per heavy atom. The van der Waals surface area contributed by atoms with Crippen molar-refractivity contribution in [2.45, 2.75) is 58.1 Å². The van der Waals surface area contributed by atoms with E-state index in [1.54, 1.807) is 0 Å². The molecule has 0 saturated heterocycles. The van der Waals surface area contributed by atoms with Gasteiger partial charge in [-0.25, -0.2) is 0 Å². The van der Waals surface area contributed by atoms with Gasteiger partial charge in [0.15, 0.2) is 0 Å². The Morgan fingerprint density at radius 3 is 2.35 bits per heavy atom. The van der Waals surface area contributed by atoms with Crippen LogP contribution in [0.1, 0.15) is 57.6 Å². The van der Waals surface area contributed by atoms with E-state index in [1.165, 1.54) is 12.0 Å². The topological polar surface area (TPSA) is 32.3 Å². The van der Waals surface area contributed by atoms with Gasteiger partial charge in [-0.2, -0.15) is 0 Å². The molecule has 0 radical (unpaired) electrons. The van der Waals surface area contributed by atoms with Gasteiger partial charge in [-0.05, 0) is 56.0 Å². The van der Waals surface area contributed by atoms with E-state index in [9.17, 15) is 5.11 Å². The molecular weight excluding hydrogens is 246 g/mol. The number of hydrogen-bond acceptors (Lipinski definition) is 2. The van der Waals surface area contributed by atoms with Crippen molar-refractivity contribution in [2.75, 3.05) is 6.54 Å². The Kier molecular flexibility index (Phi) is 6.06. The van der Waals surface area contributed by atoms with Gasteiger partial charge in [-0.15, -0.1) is 0 Å². The standard InChI is InChI=1S/C18H29NO/c1-14(2)12-18(16-6-4-3-5-7-16)19-13-15-8-10-17(20)11-9-15/h3-7,14-15,17-20H,8-13H2,1-2H3. The molecule has 0 aliphatic heterocycles. The van der Waals surface area contributed by atoms with Crippen molar-refractivity contribution in [2.24, 2.45) is 11.8 Å². The molecule has 1 aromatic carbocycles. The van der Waals surface area contributed by atoms with Crippen LogP contribution in [0.25, 0.3) is 0 Å². The maximum atomic E-state index is 9.58. The molecule has 1 aliphatic carbocycles. The normalized spacial score (nSPS) is 24.8. The van der Waals surface area contributed by atoms with Crippen molar-refractivity contribution in [3.63, 3.8) is 0 Å². The summed E-state index contributed by atoms with van der Waals surface area (Å²) >= 11 is 0. The maximum Gasteiger partial charge on any atom is 0.0540 e. The minimum Gasteiger partial charge on any atom is -0.393 e. The molecule has 1 saturated carbocycles. The van der Waals surface area contributed by atoms with Gasteiger partial charge >= 0.3 is 0 Å². The Morgan fingerprint density at radius 2 is 1.75 bits per heavy atom. The fraction of sp³-hybridized carbons (Fsp3) is 0.667. The third kappa shape index (κ3) is 4.92. The molecule has 0 amide bonds. The fourth-order valence-corrected chi connectivity index (χ4v) is 3.15. The molecule has 0 heterocycles. The average molecular weight is 275 g/mol. The van der Waals surface area contributed by atoms with E-state index in [2.05, 4.69) is 49.5 Å². The Bertz CT molecular complexity index is 368. The second-order valence-corrected chi connectivity index (χ2v) is 6.68. The van der Waals surface area contributed by atoms with Crippen LogP contribution in [0.15, 0.2) is 30.3 Å². The second kappa shape index (κ2) is 7.80. The molecule has 1 aliphatic rings. The lowest BCUT2D eigenvalue weighted by Crippen LogP contribution is -2.31. The smallest absolute Gasteiger partial charge is 0.0540 e. The fourth-order valence-electron chi connectivity index (χ4n) is 3.15. The number of aliphatic hydroxyl groups is 1. The molecule has 0 bridgehead atoms. The predicted octanol–water partition coefficient (Wildman–Crippen LogP) is 3.91. The molecule has 0 spiro atoms. The number of nitrogens with one attached hydrogen (secondary N) is 1. The van der Waals surface area contributed by atoms with Crippen LogP contribution in [0, 0.1) is 11.8 Å². The van der Waals surface area contributed by atoms with E-state index >= 15 is 0 Å². The summed E-state index contributed by atoms with van der Waals surface area (Å²) in [4.78, 5) is 0. The van der Waals surface area contributed by atoms with E-state index in [1.807, 2.05) is 0 Å². The molecule has 20 heavy (non-hydrogen) atoms. The first-order valence-corrected chi connectivity index (χ1v) is 8.11. The summed E-state index contributed by atoms with van der Waals surface area (Å²) in [7, 11) is 0. The summed E-state index contributed by atoms with van der Waals surface area (Å²) in [5, 5.41) is 13.4. The van der Waals surface area contributed by atoms with Gasteiger partial charge in [0.2, 0.25) is 0 Å². The van der Waals surface area contributed by atoms with E-state index in [-0.39, 0.29) is 6.10 Å². The van der Waals surface area contributed by atoms with Crippen LogP contribution in [0.4, 0.5) is 0 Å². The van der Waals surface area contributed by atoms with E-state index in [0.717, 1.165) is 38.1 Å². The minimum absolute atomic E-state index is 0.0492. The molecule has 2 nitrogen and oxygen atoms in total. The highest BCUT2D eigenvalue weighted by Crippen LogP contribution is 2.26. The Hall–Kier alpha value is -0.860. The molecule has 1 unspecified atom stereocenters. The Labute approximate surface area is 123 Å².